The zero-order chi connectivity index (χ0) is 20.5. The largest absolute Gasteiger partial charge is 0.481 e. The summed E-state index contributed by atoms with van der Waals surface area (Å²) >= 11 is 15.9. The molecule has 0 fully saturated rings. The molecule has 0 aliphatic carbocycles. The molecule has 29 heavy (non-hydrogen) atoms. The molecular formula is C21H19Cl2N2O2S2+. The van der Waals surface area contributed by atoms with E-state index in [1.807, 2.05) is 30.3 Å². The molecule has 1 aromatic heterocycles. The van der Waals surface area contributed by atoms with Crippen LogP contribution in [0.25, 0.3) is 16.3 Å². The Balaban J connectivity index is 1.76. The van der Waals surface area contributed by atoms with Gasteiger partial charge in [0.2, 0.25) is 5.52 Å². The molecule has 0 radical (unpaired) electrons. The first-order chi connectivity index (χ1) is 14.0. The Bertz CT molecular complexity index is 1130. The second kappa shape index (κ2) is 8.56. The van der Waals surface area contributed by atoms with Crippen LogP contribution < -0.4 is 9.47 Å². The maximum Gasteiger partial charge on any atom is 0.303 e. The smallest absolute Gasteiger partial charge is 0.303 e. The van der Waals surface area contributed by atoms with Crippen LogP contribution in [0.5, 0.6) is 0 Å². The van der Waals surface area contributed by atoms with Gasteiger partial charge in [0.25, 0.3) is 5.01 Å². The van der Waals surface area contributed by atoms with Gasteiger partial charge >= 0.3 is 5.97 Å². The summed E-state index contributed by atoms with van der Waals surface area (Å²) in [5, 5.41) is 12.6. The minimum atomic E-state index is -0.779. The Morgan fingerprint density at radius 2 is 1.97 bits per heavy atom. The molecule has 1 aliphatic rings. The number of benzene rings is 2. The first kappa shape index (κ1) is 20.5. The fourth-order valence-corrected chi connectivity index (χ4v) is 6.07. The van der Waals surface area contributed by atoms with E-state index in [4.69, 9.17) is 28.3 Å². The number of thiazole rings is 1. The molecule has 3 aromatic rings. The number of carboxylic acids is 1. The van der Waals surface area contributed by atoms with Crippen LogP contribution in [-0.4, -0.2) is 17.6 Å². The summed E-state index contributed by atoms with van der Waals surface area (Å²) in [5.74, 6) is -0.779. The lowest BCUT2D eigenvalue weighted by molar-refractivity contribution is -0.669. The number of carbonyl (C=O) groups is 1. The van der Waals surface area contributed by atoms with Gasteiger partial charge in [-0.3, -0.25) is 4.79 Å². The summed E-state index contributed by atoms with van der Waals surface area (Å²) in [5.41, 5.74) is 2.16. The van der Waals surface area contributed by atoms with Crippen molar-refractivity contribution in [3.05, 3.63) is 56.5 Å². The van der Waals surface area contributed by atoms with Crippen LogP contribution in [0.3, 0.4) is 0 Å². The number of hydrogen-bond acceptors (Lipinski definition) is 4. The van der Waals surface area contributed by atoms with Crippen LogP contribution >= 0.6 is 46.3 Å². The van der Waals surface area contributed by atoms with Crippen LogP contribution in [0.1, 0.15) is 24.8 Å². The van der Waals surface area contributed by atoms with Gasteiger partial charge in [0.1, 0.15) is 4.70 Å². The summed E-state index contributed by atoms with van der Waals surface area (Å²) < 4.78 is 3.30. The molecule has 0 saturated carbocycles. The molecule has 4 rings (SSSR count). The van der Waals surface area contributed by atoms with Crippen LogP contribution in [0.15, 0.2) is 46.3 Å². The number of aromatic nitrogens is 1. The van der Waals surface area contributed by atoms with Crippen molar-refractivity contribution in [3.8, 4) is 0 Å². The Morgan fingerprint density at radius 3 is 2.72 bits per heavy atom. The van der Waals surface area contributed by atoms with Gasteiger partial charge in [-0.05, 0) is 37.3 Å². The zero-order valence-electron chi connectivity index (χ0n) is 15.7. The standard InChI is InChI=1S/C21H18Cl2N2O2S2/c1-2-24-15-10-13(22)5-7-17(15)28-19(24)12-20-25(9-3-4-21(26)27)16-11-14(23)6-8-18(16)29-20/h5-8,10-12H,2-4,9H2,1H3/p+1. The predicted molar refractivity (Wildman–Crippen MR) is 122 cm³/mol. The van der Waals surface area contributed by atoms with Crippen LogP contribution in [-0.2, 0) is 11.3 Å². The number of nitrogens with zero attached hydrogens (tertiary/aromatic N) is 2. The van der Waals surface area contributed by atoms with Crippen molar-refractivity contribution in [2.45, 2.75) is 31.2 Å². The number of hydrogen-bond donors (Lipinski definition) is 1. The predicted octanol–water partition coefficient (Wildman–Crippen LogP) is 6.29. The average molecular weight is 466 g/mol. The van der Waals surface area contributed by atoms with E-state index in [0.29, 0.717) is 18.0 Å². The minimum absolute atomic E-state index is 0.140. The van der Waals surface area contributed by atoms with E-state index in [1.54, 1.807) is 23.1 Å². The van der Waals surface area contributed by atoms with E-state index in [2.05, 4.69) is 28.5 Å². The maximum absolute atomic E-state index is 11.0. The Morgan fingerprint density at radius 1 is 1.21 bits per heavy atom. The summed E-state index contributed by atoms with van der Waals surface area (Å²) in [6, 6.07) is 11.8. The highest BCUT2D eigenvalue weighted by Gasteiger charge is 2.27. The van der Waals surface area contributed by atoms with Gasteiger partial charge in [0.15, 0.2) is 6.54 Å². The number of carboxylic acid groups (broad SMARTS) is 1. The number of thioether (sulfide) groups is 1. The van der Waals surface area contributed by atoms with Crippen molar-refractivity contribution >= 4 is 74.2 Å². The molecule has 2 heterocycles. The molecule has 0 amide bonds. The van der Waals surface area contributed by atoms with Crippen molar-refractivity contribution in [1.29, 1.82) is 0 Å². The molecule has 2 aromatic carbocycles. The zero-order valence-corrected chi connectivity index (χ0v) is 18.8. The van der Waals surface area contributed by atoms with Gasteiger partial charge in [-0.2, -0.15) is 4.57 Å². The van der Waals surface area contributed by atoms with E-state index >= 15 is 0 Å². The topological polar surface area (TPSA) is 44.4 Å². The Kier molecular flexibility index (Phi) is 6.06. The molecule has 0 spiro atoms. The molecule has 0 bridgehead atoms. The fourth-order valence-electron chi connectivity index (χ4n) is 3.41. The first-order valence-corrected chi connectivity index (χ1v) is 11.7. The lowest BCUT2D eigenvalue weighted by Crippen LogP contribution is -2.35. The van der Waals surface area contributed by atoms with E-state index in [0.717, 1.165) is 37.5 Å². The maximum atomic E-state index is 11.0. The van der Waals surface area contributed by atoms with Crippen molar-refractivity contribution in [2.24, 2.45) is 0 Å². The summed E-state index contributed by atoms with van der Waals surface area (Å²) in [6.07, 6.45) is 2.89. The highest BCUT2D eigenvalue weighted by Crippen LogP contribution is 2.47. The SMILES string of the molecule is CCN1C(=Cc2sc3ccc(Cl)cc3[n+]2CCCC(=O)O)Sc2ccc(Cl)cc21. The van der Waals surface area contributed by atoms with Crippen LogP contribution in [0, 0.1) is 0 Å². The van der Waals surface area contributed by atoms with E-state index in [9.17, 15) is 4.79 Å². The molecular weight excluding hydrogens is 447 g/mol. The monoisotopic (exact) mass is 465 g/mol. The lowest BCUT2D eigenvalue weighted by atomic mass is 10.3. The molecule has 150 valence electrons. The van der Waals surface area contributed by atoms with E-state index in [1.165, 1.54) is 4.90 Å². The number of anilines is 1. The van der Waals surface area contributed by atoms with Crippen molar-refractivity contribution in [3.63, 3.8) is 0 Å². The van der Waals surface area contributed by atoms with E-state index in [-0.39, 0.29) is 6.42 Å². The van der Waals surface area contributed by atoms with Gasteiger partial charge in [0, 0.05) is 34.0 Å². The molecule has 1 aliphatic heterocycles. The third kappa shape index (κ3) is 4.26. The van der Waals surface area contributed by atoms with Gasteiger partial charge in [0.05, 0.1) is 23.2 Å². The second-order valence-corrected chi connectivity index (χ2v) is 9.64. The molecule has 0 saturated heterocycles. The van der Waals surface area contributed by atoms with Crippen LogP contribution in [0.4, 0.5) is 5.69 Å². The third-order valence-corrected chi connectivity index (χ3v) is 7.42. The molecule has 1 N–H and O–H groups in total. The highest BCUT2D eigenvalue weighted by molar-refractivity contribution is 8.03. The normalized spacial score (nSPS) is 14.7. The van der Waals surface area contributed by atoms with Gasteiger partial charge in [-0.1, -0.05) is 46.3 Å². The molecule has 0 atom stereocenters. The quantitative estimate of drug-likeness (QED) is 0.434. The Hall–Kier alpha value is -1.73. The summed E-state index contributed by atoms with van der Waals surface area (Å²) in [6.45, 7) is 3.58. The van der Waals surface area contributed by atoms with Gasteiger partial charge in [-0.15, -0.1) is 0 Å². The summed E-state index contributed by atoms with van der Waals surface area (Å²) in [7, 11) is 0. The molecule has 8 heteroatoms. The number of rotatable bonds is 6. The highest BCUT2D eigenvalue weighted by atomic mass is 35.5. The Labute approximate surface area is 187 Å². The third-order valence-electron chi connectivity index (χ3n) is 4.72. The first-order valence-electron chi connectivity index (χ1n) is 9.26. The van der Waals surface area contributed by atoms with Crippen LogP contribution in [0.2, 0.25) is 10.0 Å². The second-order valence-electron chi connectivity index (χ2n) is 6.64. The molecule has 4 nitrogen and oxygen atoms in total. The number of halogens is 2. The van der Waals surface area contributed by atoms with Crippen molar-refractivity contribution in [1.82, 2.24) is 0 Å². The minimum Gasteiger partial charge on any atom is -0.481 e. The number of aryl methyl sites for hydroxylation is 1. The van der Waals surface area contributed by atoms with Gasteiger partial charge in [-0.25, -0.2) is 0 Å². The average Bonchev–Trinajstić information content (AvgIpc) is 3.18. The number of fused-ring (bicyclic) bond motifs is 2. The van der Waals surface area contributed by atoms with Crippen molar-refractivity contribution < 1.29 is 14.5 Å². The lowest BCUT2D eigenvalue weighted by Gasteiger charge is -2.17. The fraction of sp³-hybridized carbons (Fsp3) is 0.238. The van der Waals surface area contributed by atoms with E-state index < -0.39 is 5.97 Å². The van der Waals surface area contributed by atoms with Crippen molar-refractivity contribution in [2.75, 3.05) is 11.4 Å². The van der Waals surface area contributed by atoms with Gasteiger partial charge < -0.3 is 10.0 Å². The summed E-state index contributed by atoms with van der Waals surface area (Å²) in [4.78, 5) is 14.4. The molecule has 0 unspecified atom stereocenters. The number of aliphatic carboxylic acids is 1.